The van der Waals surface area contributed by atoms with Crippen molar-refractivity contribution in [3.05, 3.63) is 10.4 Å². The van der Waals surface area contributed by atoms with E-state index >= 15 is 0 Å². The Kier molecular flexibility index (Phi) is 3.86. The van der Waals surface area contributed by atoms with Crippen LogP contribution in [0, 0.1) is 5.92 Å². The molecule has 4 nitrogen and oxygen atoms in total. The van der Waals surface area contributed by atoms with Gasteiger partial charge in [-0.1, -0.05) is 6.92 Å². The van der Waals surface area contributed by atoms with Gasteiger partial charge in [-0.15, -0.1) is 11.3 Å². The largest absolute Gasteiger partial charge is 0.397 e. The van der Waals surface area contributed by atoms with Crippen molar-refractivity contribution in [3.8, 4) is 0 Å². The highest BCUT2D eigenvalue weighted by Crippen LogP contribution is 2.52. The van der Waals surface area contributed by atoms with Crippen LogP contribution in [0.25, 0.3) is 0 Å². The van der Waals surface area contributed by atoms with E-state index in [4.69, 9.17) is 5.73 Å². The predicted octanol–water partition coefficient (Wildman–Crippen LogP) is 3.15. The number of nitrogen functional groups attached to an aromatic ring is 1. The Morgan fingerprint density at radius 3 is 2.38 bits per heavy atom. The summed E-state index contributed by atoms with van der Waals surface area (Å²) in [7, 11) is 3.58. The molecule has 2 fully saturated rings. The van der Waals surface area contributed by atoms with E-state index in [1.54, 1.807) is 30.3 Å². The van der Waals surface area contributed by atoms with Crippen LogP contribution < -0.4 is 10.6 Å². The topological polar surface area (TPSA) is 49.6 Å². The third-order valence-corrected chi connectivity index (χ3v) is 5.89. The second-order valence-corrected chi connectivity index (χ2v) is 7.71. The summed E-state index contributed by atoms with van der Waals surface area (Å²) in [5, 5.41) is 1.27. The molecule has 1 aromatic heterocycles. The number of anilines is 2. The number of nitrogens with two attached hydrogens (primary N) is 1. The molecule has 1 aliphatic carbocycles. The minimum atomic E-state index is 0.0380. The average Bonchev–Trinajstić information content (AvgIpc) is 3.22. The van der Waals surface area contributed by atoms with Gasteiger partial charge in [-0.3, -0.25) is 4.79 Å². The molecule has 2 heterocycles. The average molecular weight is 307 g/mol. The van der Waals surface area contributed by atoms with Crippen molar-refractivity contribution >= 4 is 27.9 Å². The number of hydrogen-bond donors (Lipinski definition) is 1. The van der Waals surface area contributed by atoms with Crippen LogP contribution in [0.5, 0.6) is 0 Å². The lowest BCUT2D eigenvalue weighted by Gasteiger charge is -2.32. The molecule has 1 amide bonds. The van der Waals surface area contributed by atoms with Crippen molar-refractivity contribution in [2.45, 2.75) is 38.5 Å². The smallest absolute Gasteiger partial charge is 0.265 e. The first-order chi connectivity index (χ1) is 9.99. The maximum Gasteiger partial charge on any atom is 0.265 e. The molecule has 3 rings (SSSR count). The van der Waals surface area contributed by atoms with Gasteiger partial charge >= 0.3 is 0 Å². The molecular weight excluding hydrogens is 282 g/mol. The summed E-state index contributed by atoms with van der Waals surface area (Å²) < 4.78 is 0. The van der Waals surface area contributed by atoms with E-state index in [0.717, 1.165) is 29.6 Å². The zero-order valence-electron chi connectivity index (χ0n) is 13.2. The highest BCUT2D eigenvalue weighted by molar-refractivity contribution is 7.18. The Morgan fingerprint density at radius 1 is 1.24 bits per heavy atom. The second-order valence-electron chi connectivity index (χ2n) is 6.71. The highest BCUT2D eigenvalue weighted by Gasteiger charge is 2.35. The molecule has 2 N–H and O–H groups in total. The van der Waals surface area contributed by atoms with Gasteiger partial charge in [0.05, 0.1) is 10.7 Å². The van der Waals surface area contributed by atoms with Crippen molar-refractivity contribution in [2.24, 2.45) is 5.92 Å². The maximum atomic E-state index is 12.3. The molecular formula is C16H25N3OS. The predicted molar refractivity (Wildman–Crippen MR) is 89.3 cm³/mol. The molecule has 0 spiro atoms. The molecule has 0 radical (unpaired) electrons. The zero-order valence-corrected chi connectivity index (χ0v) is 14.0. The summed E-state index contributed by atoms with van der Waals surface area (Å²) in [4.78, 5) is 17.2. The summed E-state index contributed by atoms with van der Waals surface area (Å²) in [6.45, 7) is 4.51. The van der Waals surface area contributed by atoms with Crippen molar-refractivity contribution < 1.29 is 4.79 Å². The van der Waals surface area contributed by atoms with Crippen LogP contribution in [-0.4, -0.2) is 38.0 Å². The number of piperidine rings is 1. The zero-order chi connectivity index (χ0) is 15.1. The Labute approximate surface area is 130 Å². The molecule has 0 unspecified atom stereocenters. The molecule has 1 aromatic rings. The van der Waals surface area contributed by atoms with Gasteiger partial charge in [0.15, 0.2) is 0 Å². The minimum absolute atomic E-state index is 0.0380. The summed E-state index contributed by atoms with van der Waals surface area (Å²) >= 11 is 1.61. The fourth-order valence-corrected chi connectivity index (χ4v) is 4.40. The SMILES string of the molecule is CC1CCN(c2sc(C(=O)N(C)C)c(N)c2C2CC2)CC1. The molecule has 0 aromatic carbocycles. The number of hydrogen-bond acceptors (Lipinski definition) is 4. The quantitative estimate of drug-likeness (QED) is 0.933. The number of carbonyl (C=O) groups excluding carboxylic acids is 1. The monoisotopic (exact) mass is 307 g/mol. The molecule has 5 heteroatoms. The fraction of sp³-hybridized carbons (Fsp3) is 0.688. The van der Waals surface area contributed by atoms with Crippen LogP contribution in [0.2, 0.25) is 0 Å². The third kappa shape index (κ3) is 2.76. The molecule has 1 saturated heterocycles. The van der Waals surface area contributed by atoms with Crippen LogP contribution in [0.4, 0.5) is 10.7 Å². The normalized spacial score (nSPS) is 19.9. The van der Waals surface area contributed by atoms with Gasteiger partial charge in [-0.2, -0.15) is 0 Å². The molecule has 0 atom stereocenters. The Balaban J connectivity index is 1.95. The number of thiophene rings is 1. The summed E-state index contributed by atoms with van der Waals surface area (Å²) in [5.74, 6) is 1.43. The van der Waals surface area contributed by atoms with Crippen molar-refractivity contribution in [2.75, 3.05) is 37.8 Å². The van der Waals surface area contributed by atoms with Crippen molar-refractivity contribution in [3.63, 3.8) is 0 Å². The summed E-state index contributed by atoms with van der Waals surface area (Å²) in [6, 6.07) is 0. The van der Waals surface area contributed by atoms with Gasteiger partial charge in [0.25, 0.3) is 5.91 Å². The third-order valence-electron chi connectivity index (χ3n) is 4.62. The lowest BCUT2D eigenvalue weighted by Crippen LogP contribution is -2.32. The van der Waals surface area contributed by atoms with E-state index in [1.165, 1.54) is 36.2 Å². The standard InChI is InChI=1S/C16H25N3OS/c1-10-6-8-19(9-7-10)16-12(11-4-5-11)13(17)14(21-16)15(20)18(2)3/h10-11H,4-9,17H2,1-3H3. The molecule has 1 aliphatic heterocycles. The van der Waals surface area contributed by atoms with Crippen LogP contribution in [0.15, 0.2) is 0 Å². The van der Waals surface area contributed by atoms with Crippen molar-refractivity contribution in [1.82, 2.24) is 4.90 Å². The van der Waals surface area contributed by atoms with Gasteiger partial charge in [0.2, 0.25) is 0 Å². The van der Waals surface area contributed by atoms with Gasteiger partial charge in [-0.25, -0.2) is 0 Å². The number of carbonyl (C=O) groups is 1. The Morgan fingerprint density at radius 2 is 1.86 bits per heavy atom. The van der Waals surface area contributed by atoms with E-state index < -0.39 is 0 Å². The minimum Gasteiger partial charge on any atom is -0.397 e. The van der Waals surface area contributed by atoms with E-state index in [2.05, 4.69) is 11.8 Å². The lowest BCUT2D eigenvalue weighted by atomic mass is 9.99. The van der Waals surface area contributed by atoms with Crippen LogP contribution >= 0.6 is 11.3 Å². The number of amides is 1. The fourth-order valence-electron chi connectivity index (χ4n) is 3.02. The van der Waals surface area contributed by atoms with E-state index in [1.807, 2.05) is 0 Å². The molecule has 116 valence electrons. The number of rotatable bonds is 3. The van der Waals surface area contributed by atoms with Gasteiger partial charge in [0.1, 0.15) is 4.88 Å². The van der Waals surface area contributed by atoms with Crippen LogP contribution in [-0.2, 0) is 0 Å². The highest BCUT2D eigenvalue weighted by atomic mass is 32.1. The van der Waals surface area contributed by atoms with E-state index in [-0.39, 0.29) is 5.91 Å². The first-order valence-corrected chi connectivity index (χ1v) is 8.69. The van der Waals surface area contributed by atoms with E-state index in [9.17, 15) is 4.79 Å². The Hall–Kier alpha value is -1.23. The van der Waals surface area contributed by atoms with Gasteiger partial charge in [-0.05, 0) is 37.5 Å². The van der Waals surface area contributed by atoms with Gasteiger partial charge in [0, 0.05) is 32.7 Å². The lowest BCUT2D eigenvalue weighted by molar-refractivity contribution is 0.0833. The Bertz CT molecular complexity index is 540. The summed E-state index contributed by atoms with van der Waals surface area (Å²) in [6.07, 6.45) is 4.90. The molecule has 21 heavy (non-hydrogen) atoms. The van der Waals surface area contributed by atoms with E-state index in [0.29, 0.717) is 5.92 Å². The second kappa shape index (κ2) is 5.52. The first-order valence-electron chi connectivity index (χ1n) is 7.87. The molecule has 0 bridgehead atoms. The van der Waals surface area contributed by atoms with Crippen molar-refractivity contribution in [1.29, 1.82) is 0 Å². The van der Waals surface area contributed by atoms with Gasteiger partial charge < -0.3 is 15.5 Å². The molecule has 1 saturated carbocycles. The number of nitrogens with zero attached hydrogens (tertiary/aromatic N) is 2. The summed E-state index contributed by atoms with van der Waals surface area (Å²) in [5.41, 5.74) is 8.36. The maximum absolute atomic E-state index is 12.3. The van der Waals surface area contributed by atoms with Crippen LogP contribution in [0.3, 0.4) is 0 Å². The first kappa shape index (κ1) is 14.7. The molecule has 2 aliphatic rings. The van der Waals surface area contributed by atoms with Crippen LogP contribution in [0.1, 0.15) is 53.8 Å².